The predicted octanol–water partition coefficient (Wildman–Crippen LogP) is 2.92. The minimum absolute atomic E-state index is 0.00689. The molecule has 1 rings (SSSR count). The molecule has 2 atom stereocenters. The van der Waals surface area contributed by atoms with Crippen LogP contribution in [-0.2, 0) is 4.79 Å². The van der Waals surface area contributed by atoms with E-state index in [0.717, 1.165) is 5.57 Å². The summed E-state index contributed by atoms with van der Waals surface area (Å²) in [5.74, 6) is -0.563. The SMILES string of the molecule is C=C1CN(C)C(=O)[C@](C/C=C(/F)CC)(C(C)C)C1CO. The summed E-state index contributed by atoms with van der Waals surface area (Å²) in [7, 11) is 1.73. The van der Waals surface area contributed by atoms with E-state index in [4.69, 9.17) is 0 Å². The summed E-state index contributed by atoms with van der Waals surface area (Å²) in [6.45, 7) is 9.98. The average molecular weight is 283 g/mol. The van der Waals surface area contributed by atoms with E-state index in [9.17, 15) is 14.3 Å². The van der Waals surface area contributed by atoms with Gasteiger partial charge in [-0.1, -0.05) is 39.0 Å². The van der Waals surface area contributed by atoms with Gasteiger partial charge in [0.1, 0.15) is 0 Å². The fourth-order valence-corrected chi connectivity index (χ4v) is 3.19. The molecule has 0 saturated carbocycles. The standard InChI is InChI=1S/C16H26FNO2/c1-6-13(17)7-8-16(11(2)3)14(10-19)12(4)9-18(5)15(16)20/h7,11,14,19H,4,6,8-10H2,1-3,5H3/b13-7+/t14?,16-/m1/s1. The molecule has 0 aromatic heterocycles. The number of rotatable bonds is 5. The lowest BCUT2D eigenvalue weighted by atomic mass is 9.60. The molecule has 1 amide bonds. The zero-order valence-electron chi connectivity index (χ0n) is 12.9. The average Bonchev–Trinajstić information content (AvgIpc) is 2.40. The van der Waals surface area contributed by atoms with Crippen molar-refractivity contribution in [2.45, 2.75) is 33.6 Å². The molecule has 0 bridgehead atoms. The van der Waals surface area contributed by atoms with Crippen molar-refractivity contribution in [2.24, 2.45) is 17.3 Å². The van der Waals surface area contributed by atoms with Gasteiger partial charge < -0.3 is 10.0 Å². The van der Waals surface area contributed by atoms with Gasteiger partial charge >= 0.3 is 0 Å². The summed E-state index contributed by atoms with van der Waals surface area (Å²) in [4.78, 5) is 14.4. The third-order valence-corrected chi connectivity index (χ3v) is 4.51. The maximum absolute atomic E-state index is 13.5. The number of carbonyl (C=O) groups excluding carboxylic acids is 1. The lowest BCUT2D eigenvalue weighted by Gasteiger charge is -2.49. The first-order chi connectivity index (χ1) is 9.31. The van der Waals surface area contributed by atoms with E-state index in [1.807, 2.05) is 13.8 Å². The number of likely N-dealkylation sites (N-methyl/N-ethyl adjacent to an activating group) is 1. The highest BCUT2D eigenvalue weighted by atomic mass is 19.1. The number of halogens is 1. The predicted molar refractivity (Wildman–Crippen MR) is 78.7 cm³/mol. The number of piperidine rings is 1. The highest BCUT2D eigenvalue weighted by molar-refractivity contribution is 5.85. The Kier molecular flexibility index (Phi) is 5.51. The number of aliphatic hydroxyl groups is 1. The van der Waals surface area contributed by atoms with E-state index in [1.165, 1.54) is 6.08 Å². The number of hydrogen-bond donors (Lipinski definition) is 1. The van der Waals surface area contributed by atoms with E-state index in [-0.39, 0.29) is 30.2 Å². The van der Waals surface area contributed by atoms with Crippen molar-refractivity contribution < 1.29 is 14.3 Å². The van der Waals surface area contributed by atoms with Crippen LogP contribution in [0, 0.1) is 17.3 Å². The van der Waals surface area contributed by atoms with Crippen molar-refractivity contribution in [1.82, 2.24) is 4.90 Å². The molecule has 0 radical (unpaired) electrons. The fraction of sp³-hybridized carbons (Fsp3) is 0.688. The first-order valence-corrected chi connectivity index (χ1v) is 7.19. The molecule has 1 aliphatic rings. The molecule has 3 nitrogen and oxygen atoms in total. The Morgan fingerprint density at radius 1 is 1.65 bits per heavy atom. The van der Waals surface area contributed by atoms with Gasteiger partial charge in [0.05, 0.1) is 17.8 Å². The Balaban J connectivity index is 3.28. The van der Waals surface area contributed by atoms with E-state index < -0.39 is 5.41 Å². The second kappa shape index (κ2) is 6.53. The van der Waals surface area contributed by atoms with Crippen LogP contribution >= 0.6 is 0 Å². The third-order valence-electron chi connectivity index (χ3n) is 4.51. The topological polar surface area (TPSA) is 40.5 Å². The van der Waals surface area contributed by atoms with Crippen LogP contribution in [-0.4, -0.2) is 36.1 Å². The zero-order valence-corrected chi connectivity index (χ0v) is 12.9. The number of hydrogen-bond acceptors (Lipinski definition) is 2. The van der Waals surface area contributed by atoms with Crippen LogP contribution in [0.1, 0.15) is 33.6 Å². The monoisotopic (exact) mass is 283 g/mol. The second-order valence-electron chi connectivity index (χ2n) is 5.96. The lowest BCUT2D eigenvalue weighted by molar-refractivity contribution is -0.151. The molecule has 1 N–H and O–H groups in total. The Hall–Kier alpha value is -1.16. The minimum atomic E-state index is -0.800. The van der Waals surface area contributed by atoms with Gasteiger partial charge in [0.25, 0.3) is 0 Å². The van der Waals surface area contributed by atoms with Crippen molar-refractivity contribution in [3.8, 4) is 0 Å². The van der Waals surface area contributed by atoms with Crippen LogP contribution in [0.25, 0.3) is 0 Å². The van der Waals surface area contributed by atoms with Gasteiger partial charge in [-0.25, -0.2) is 4.39 Å². The summed E-state index contributed by atoms with van der Waals surface area (Å²) in [6.07, 6.45) is 2.12. The van der Waals surface area contributed by atoms with Crippen molar-refractivity contribution in [2.75, 3.05) is 20.2 Å². The molecule has 0 aromatic carbocycles. The quantitative estimate of drug-likeness (QED) is 0.788. The molecule has 114 valence electrons. The highest BCUT2D eigenvalue weighted by Crippen LogP contribution is 2.47. The first-order valence-electron chi connectivity index (χ1n) is 7.19. The van der Waals surface area contributed by atoms with Crippen molar-refractivity contribution in [1.29, 1.82) is 0 Å². The van der Waals surface area contributed by atoms with Gasteiger partial charge in [-0.2, -0.15) is 0 Å². The van der Waals surface area contributed by atoms with Crippen LogP contribution < -0.4 is 0 Å². The van der Waals surface area contributed by atoms with E-state index in [0.29, 0.717) is 19.4 Å². The molecular formula is C16H26FNO2. The Bertz CT molecular complexity index is 417. The van der Waals surface area contributed by atoms with Crippen LogP contribution in [0.2, 0.25) is 0 Å². The molecule has 1 saturated heterocycles. The van der Waals surface area contributed by atoms with E-state index >= 15 is 0 Å². The minimum Gasteiger partial charge on any atom is -0.396 e. The van der Waals surface area contributed by atoms with Gasteiger partial charge in [0, 0.05) is 19.5 Å². The van der Waals surface area contributed by atoms with E-state index in [2.05, 4.69) is 6.58 Å². The maximum Gasteiger partial charge on any atom is 0.230 e. The van der Waals surface area contributed by atoms with Gasteiger partial charge in [-0.15, -0.1) is 0 Å². The normalized spacial score (nSPS) is 28.4. The van der Waals surface area contributed by atoms with Gasteiger partial charge in [-0.05, 0) is 18.8 Å². The Morgan fingerprint density at radius 3 is 2.70 bits per heavy atom. The van der Waals surface area contributed by atoms with Gasteiger partial charge in [-0.3, -0.25) is 4.79 Å². The molecule has 0 spiro atoms. The van der Waals surface area contributed by atoms with Crippen molar-refractivity contribution >= 4 is 5.91 Å². The van der Waals surface area contributed by atoms with Gasteiger partial charge in [0.2, 0.25) is 5.91 Å². The molecule has 1 unspecified atom stereocenters. The fourth-order valence-electron chi connectivity index (χ4n) is 3.19. The molecule has 4 heteroatoms. The summed E-state index contributed by atoms with van der Waals surface area (Å²) in [6, 6.07) is 0. The molecule has 1 fully saturated rings. The largest absolute Gasteiger partial charge is 0.396 e. The summed E-state index contributed by atoms with van der Waals surface area (Å²) in [5, 5.41) is 9.73. The molecule has 1 aliphatic heterocycles. The molecule has 20 heavy (non-hydrogen) atoms. The van der Waals surface area contributed by atoms with Crippen LogP contribution in [0.5, 0.6) is 0 Å². The first kappa shape index (κ1) is 16.9. The summed E-state index contributed by atoms with van der Waals surface area (Å²) < 4.78 is 13.5. The summed E-state index contributed by atoms with van der Waals surface area (Å²) in [5.41, 5.74) is 0.0410. The van der Waals surface area contributed by atoms with Crippen molar-refractivity contribution in [3.63, 3.8) is 0 Å². The molecular weight excluding hydrogens is 257 g/mol. The number of allylic oxidation sites excluding steroid dienone is 2. The highest BCUT2D eigenvalue weighted by Gasteiger charge is 2.52. The van der Waals surface area contributed by atoms with E-state index in [1.54, 1.807) is 18.9 Å². The number of amides is 1. The lowest BCUT2D eigenvalue weighted by Crippen LogP contribution is -2.56. The van der Waals surface area contributed by atoms with Crippen LogP contribution in [0.4, 0.5) is 4.39 Å². The maximum atomic E-state index is 13.5. The number of aliphatic hydroxyl groups excluding tert-OH is 1. The Morgan fingerprint density at radius 2 is 2.25 bits per heavy atom. The molecule has 0 aliphatic carbocycles. The van der Waals surface area contributed by atoms with Crippen LogP contribution in [0.3, 0.4) is 0 Å². The smallest absolute Gasteiger partial charge is 0.230 e. The number of carbonyl (C=O) groups is 1. The second-order valence-corrected chi connectivity index (χ2v) is 5.96. The Labute approximate surface area is 121 Å². The zero-order chi connectivity index (χ0) is 15.5. The number of likely N-dealkylation sites (tertiary alicyclic amines) is 1. The number of nitrogens with zero attached hydrogens (tertiary/aromatic N) is 1. The van der Waals surface area contributed by atoms with Crippen molar-refractivity contribution in [3.05, 3.63) is 24.1 Å². The van der Waals surface area contributed by atoms with Gasteiger partial charge in [0.15, 0.2) is 0 Å². The molecule has 1 heterocycles. The third kappa shape index (κ3) is 2.80. The van der Waals surface area contributed by atoms with Crippen LogP contribution in [0.15, 0.2) is 24.1 Å². The molecule has 0 aromatic rings. The summed E-state index contributed by atoms with van der Waals surface area (Å²) >= 11 is 0.